The third kappa shape index (κ3) is 3.86. The van der Waals surface area contributed by atoms with Crippen molar-refractivity contribution < 1.29 is 28.6 Å². The molecule has 0 saturated carbocycles. The van der Waals surface area contributed by atoms with E-state index in [0.29, 0.717) is 5.56 Å². The summed E-state index contributed by atoms with van der Waals surface area (Å²) in [6, 6.07) is 13.2. The highest BCUT2D eigenvalue weighted by Gasteiger charge is 2.61. The van der Waals surface area contributed by atoms with Crippen molar-refractivity contribution in [3.8, 4) is 0 Å². The Labute approximate surface area is 164 Å². The van der Waals surface area contributed by atoms with Crippen molar-refractivity contribution in [2.75, 3.05) is 19.8 Å². The van der Waals surface area contributed by atoms with Crippen molar-refractivity contribution in [3.05, 3.63) is 48.0 Å². The molecule has 0 aromatic heterocycles. The quantitative estimate of drug-likeness (QED) is 0.392. The first kappa shape index (κ1) is 21.4. The molecule has 0 heterocycles. The van der Waals surface area contributed by atoms with Crippen molar-refractivity contribution in [3.63, 3.8) is 0 Å². The van der Waals surface area contributed by atoms with Crippen LogP contribution in [-0.4, -0.2) is 37.7 Å². The maximum atomic E-state index is 13.0. The molecule has 0 aliphatic rings. The number of carbonyl (C=O) groups excluding carboxylic acids is 3. The van der Waals surface area contributed by atoms with Gasteiger partial charge in [0.1, 0.15) is 0 Å². The van der Waals surface area contributed by atoms with Gasteiger partial charge in [-0.05, 0) is 37.1 Å². The fourth-order valence-electron chi connectivity index (χ4n) is 3.24. The molecule has 2 aromatic rings. The summed E-state index contributed by atoms with van der Waals surface area (Å²) in [6.45, 7) is 6.52. The molecule has 1 atom stereocenters. The first-order chi connectivity index (χ1) is 13.4. The maximum absolute atomic E-state index is 13.0. The average Bonchev–Trinajstić information content (AvgIpc) is 2.68. The second-order valence-electron chi connectivity index (χ2n) is 6.30. The first-order valence-corrected chi connectivity index (χ1v) is 9.43. The molecular weight excluding hydrogens is 360 g/mol. The van der Waals surface area contributed by atoms with Crippen LogP contribution >= 0.6 is 0 Å². The van der Waals surface area contributed by atoms with Crippen LogP contribution in [0.5, 0.6) is 0 Å². The van der Waals surface area contributed by atoms with E-state index in [1.807, 2.05) is 36.4 Å². The number of hydrogen-bond acceptors (Lipinski definition) is 6. The SMILES string of the molecule is CCOC(=O)C(C(=O)OCC)(C(=O)OCC)[C@@H](C)c1ccc2ccccc2c1. The molecule has 6 heteroatoms. The van der Waals surface area contributed by atoms with Gasteiger partial charge in [0.25, 0.3) is 5.41 Å². The van der Waals surface area contributed by atoms with E-state index in [9.17, 15) is 14.4 Å². The molecule has 150 valence electrons. The van der Waals surface area contributed by atoms with Crippen LogP contribution in [0.15, 0.2) is 42.5 Å². The molecule has 2 aromatic carbocycles. The lowest BCUT2D eigenvalue weighted by Gasteiger charge is -2.32. The first-order valence-electron chi connectivity index (χ1n) is 9.43. The van der Waals surface area contributed by atoms with Gasteiger partial charge in [-0.3, -0.25) is 14.4 Å². The summed E-state index contributed by atoms with van der Waals surface area (Å²) in [7, 11) is 0. The number of ether oxygens (including phenoxy) is 3. The van der Waals surface area contributed by atoms with Gasteiger partial charge in [-0.25, -0.2) is 0 Å². The van der Waals surface area contributed by atoms with E-state index in [-0.39, 0.29) is 19.8 Å². The summed E-state index contributed by atoms with van der Waals surface area (Å²) in [5.41, 5.74) is -1.60. The summed E-state index contributed by atoms with van der Waals surface area (Å²) in [6.07, 6.45) is 0. The molecule has 0 unspecified atom stereocenters. The van der Waals surface area contributed by atoms with Gasteiger partial charge >= 0.3 is 17.9 Å². The summed E-state index contributed by atoms with van der Waals surface area (Å²) >= 11 is 0. The minimum atomic E-state index is -2.23. The van der Waals surface area contributed by atoms with Crippen LogP contribution in [0, 0.1) is 5.41 Å². The van der Waals surface area contributed by atoms with Gasteiger partial charge in [0.15, 0.2) is 0 Å². The zero-order valence-corrected chi connectivity index (χ0v) is 16.7. The standard InChI is InChI=1S/C22H26O6/c1-5-26-19(23)22(20(24)27-6-2,21(25)28-7-3)15(4)17-13-12-16-10-8-9-11-18(16)14-17/h8-15H,5-7H2,1-4H3/t15-/m0/s1. The fraction of sp³-hybridized carbons (Fsp3) is 0.409. The number of carbonyl (C=O) groups is 3. The Morgan fingerprint density at radius 1 is 0.786 bits per heavy atom. The molecule has 28 heavy (non-hydrogen) atoms. The van der Waals surface area contributed by atoms with E-state index in [1.165, 1.54) is 0 Å². The molecule has 0 spiro atoms. The monoisotopic (exact) mass is 386 g/mol. The fourth-order valence-corrected chi connectivity index (χ4v) is 3.24. The lowest BCUT2D eigenvalue weighted by atomic mass is 9.72. The Bertz CT molecular complexity index is 811. The zero-order valence-electron chi connectivity index (χ0n) is 16.7. The van der Waals surface area contributed by atoms with E-state index in [2.05, 4.69) is 0 Å². The van der Waals surface area contributed by atoms with Crippen molar-refractivity contribution in [1.82, 2.24) is 0 Å². The van der Waals surface area contributed by atoms with Gasteiger partial charge in [-0.2, -0.15) is 0 Å². The zero-order chi connectivity index (χ0) is 20.7. The average molecular weight is 386 g/mol. The summed E-state index contributed by atoms with van der Waals surface area (Å²) in [5, 5.41) is 1.93. The van der Waals surface area contributed by atoms with Crippen LogP contribution < -0.4 is 0 Å². The molecule has 6 nitrogen and oxygen atoms in total. The lowest BCUT2D eigenvalue weighted by molar-refractivity contribution is -0.185. The molecule has 0 N–H and O–H groups in total. The maximum Gasteiger partial charge on any atom is 0.335 e. The van der Waals surface area contributed by atoms with Crippen LogP contribution in [0.4, 0.5) is 0 Å². The molecular formula is C22H26O6. The van der Waals surface area contributed by atoms with E-state index in [0.717, 1.165) is 10.8 Å². The van der Waals surface area contributed by atoms with Gasteiger partial charge < -0.3 is 14.2 Å². The van der Waals surface area contributed by atoms with Crippen LogP contribution in [0.2, 0.25) is 0 Å². The van der Waals surface area contributed by atoms with E-state index < -0.39 is 29.2 Å². The molecule has 0 amide bonds. The summed E-state index contributed by atoms with van der Waals surface area (Å²) in [4.78, 5) is 38.9. The highest BCUT2D eigenvalue weighted by molar-refractivity contribution is 6.19. The van der Waals surface area contributed by atoms with Crippen LogP contribution in [0.25, 0.3) is 10.8 Å². The summed E-state index contributed by atoms with van der Waals surface area (Å²) < 4.78 is 15.4. The third-order valence-corrected chi connectivity index (χ3v) is 4.72. The Kier molecular flexibility index (Phi) is 7.15. The molecule has 0 aliphatic heterocycles. The van der Waals surface area contributed by atoms with Gasteiger partial charge in [0, 0.05) is 5.92 Å². The van der Waals surface area contributed by atoms with Crippen molar-refractivity contribution in [1.29, 1.82) is 0 Å². The smallest absolute Gasteiger partial charge is 0.335 e. The van der Waals surface area contributed by atoms with Crippen molar-refractivity contribution in [2.45, 2.75) is 33.6 Å². The van der Waals surface area contributed by atoms with Crippen molar-refractivity contribution in [2.24, 2.45) is 5.41 Å². The molecule has 0 aliphatic carbocycles. The lowest BCUT2D eigenvalue weighted by Crippen LogP contribution is -2.52. The molecule has 0 bridgehead atoms. The number of benzene rings is 2. The minimum absolute atomic E-state index is 0.0177. The van der Waals surface area contributed by atoms with Crippen LogP contribution in [-0.2, 0) is 28.6 Å². The van der Waals surface area contributed by atoms with E-state index in [1.54, 1.807) is 33.8 Å². The van der Waals surface area contributed by atoms with Gasteiger partial charge in [-0.1, -0.05) is 49.4 Å². The van der Waals surface area contributed by atoms with Gasteiger partial charge in [0.05, 0.1) is 19.8 Å². The largest absolute Gasteiger partial charge is 0.465 e. The number of fused-ring (bicyclic) bond motifs is 1. The molecule has 2 rings (SSSR count). The number of rotatable bonds is 8. The highest BCUT2D eigenvalue weighted by atomic mass is 16.6. The third-order valence-electron chi connectivity index (χ3n) is 4.72. The highest BCUT2D eigenvalue weighted by Crippen LogP contribution is 2.41. The Hall–Kier alpha value is -2.89. The van der Waals surface area contributed by atoms with Crippen LogP contribution in [0.3, 0.4) is 0 Å². The molecule has 0 radical (unpaired) electrons. The van der Waals surface area contributed by atoms with Gasteiger partial charge in [0.2, 0.25) is 0 Å². The van der Waals surface area contributed by atoms with Crippen molar-refractivity contribution >= 4 is 28.7 Å². The van der Waals surface area contributed by atoms with E-state index >= 15 is 0 Å². The normalized spacial score (nSPS) is 12.3. The second-order valence-corrected chi connectivity index (χ2v) is 6.30. The minimum Gasteiger partial charge on any atom is -0.465 e. The predicted octanol–water partition coefficient (Wildman–Crippen LogP) is 3.62. The number of esters is 3. The Balaban J connectivity index is 2.66. The van der Waals surface area contributed by atoms with Crippen LogP contribution in [0.1, 0.15) is 39.2 Å². The second kappa shape index (κ2) is 9.35. The van der Waals surface area contributed by atoms with E-state index in [4.69, 9.17) is 14.2 Å². The molecule has 0 saturated heterocycles. The Morgan fingerprint density at radius 3 is 1.71 bits per heavy atom. The number of hydrogen-bond donors (Lipinski definition) is 0. The van der Waals surface area contributed by atoms with Gasteiger partial charge in [-0.15, -0.1) is 0 Å². The summed E-state index contributed by atoms with van der Waals surface area (Å²) in [5.74, 6) is -3.75. The Morgan fingerprint density at radius 2 is 1.25 bits per heavy atom. The topological polar surface area (TPSA) is 78.9 Å². The predicted molar refractivity (Wildman–Crippen MR) is 105 cm³/mol. The molecule has 0 fully saturated rings.